The smallest absolute Gasteiger partial charge is 0.345 e. The van der Waals surface area contributed by atoms with Crippen LogP contribution in [0.1, 0.15) is 12.8 Å². The number of halogens is 2. The third-order valence-corrected chi connectivity index (χ3v) is 4.86. The minimum Gasteiger partial charge on any atom is -0.505 e. The number of hydrogen-bond donors (Lipinski definition) is 2. The zero-order valence-corrected chi connectivity index (χ0v) is 13.3. The molecule has 1 aliphatic rings. The van der Waals surface area contributed by atoms with E-state index < -0.39 is 32.8 Å². The third-order valence-electron chi connectivity index (χ3n) is 2.80. The number of benzene rings is 1. The number of phenols is 1. The van der Waals surface area contributed by atoms with Gasteiger partial charge in [0.25, 0.3) is 0 Å². The summed E-state index contributed by atoms with van der Waals surface area (Å²) in [6.07, 6.45) is 1.29. The second kappa shape index (κ2) is 5.88. The van der Waals surface area contributed by atoms with Gasteiger partial charge in [0, 0.05) is 5.02 Å². The van der Waals surface area contributed by atoms with Crippen molar-refractivity contribution < 1.29 is 22.5 Å². The molecule has 1 aromatic rings. The zero-order chi connectivity index (χ0) is 14.9. The van der Waals surface area contributed by atoms with Crippen LogP contribution in [0.15, 0.2) is 21.5 Å². The average Bonchev–Trinajstić information content (AvgIpc) is 2.86. The molecule has 1 heterocycles. The van der Waals surface area contributed by atoms with E-state index in [4.69, 9.17) is 11.6 Å². The summed E-state index contributed by atoms with van der Waals surface area (Å²) in [5.74, 6) is -1.44. The molecule has 2 N–H and O–H groups in total. The fourth-order valence-corrected chi connectivity index (χ4v) is 3.88. The van der Waals surface area contributed by atoms with Gasteiger partial charge in [0.15, 0.2) is 5.75 Å². The van der Waals surface area contributed by atoms with E-state index in [2.05, 4.69) is 25.4 Å². The first-order valence-corrected chi connectivity index (χ1v) is 8.29. The highest BCUT2D eigenvalue weighted by Crippen LogP contribution is 2.35. The molecule has 6 nitrogen and oxygen atoms in total. The molecule has 0 aromatic heterocycles. The van der Waals surface area contributed by atoms with Crippen LogP contribution in [-0.2, 0) is 19.1 Å². The van der Waals surface area contributed by atoms with E-state index >= 15 is 0 Å². The number of carbonyl (C=O) groups is 1. The molecule has 1 fully saturated rings. The molecule has 0 radical (unpaired) electrons. The Morgan fingerprint density at radius 2 is 2.20 bits per heavy atom. The normalized spacial score (nSPS) is 19.0. The van der Waals surface area contributed by atoms with Crippen molar-refractivity contribution in [3.8, 4) is 5.75 Å². The molecule has 1 aliphatic heterocycles. The van der Waals surface area contributed by atoms with Crippen LogP contribution in [-0.4, -0.2) is 32.1 Å². The van der Waals surface area contributed by atoms with Gasteiger partial charge in [0.05, 0.1) is 4.47 Å². The van der Waals surface area contributed by atoms with Gasteiger partial charge >= 0.3 is 16.1 Å². The molecule has 0 unspecified atom stereocenters. The Morgan fingerprint density at radius 3 is 2.80 bits per heavy atom. The van der Waals surface area contributed by atoms with E-state index in [-0.39, 0.29) is 9.50 Å². The quantitative estimate of drug-likeness (QED) is 0.772. The molecule has 9 heteroatoms. The van der Waals surface area contributed by atoms with Gasteiger partial charge in [-0.05, 0) is 47.4 Å². The lowest BCUT2D eigenvalue weighted by atomic mass is 10.2. The number of rotatable bonds is 3. The Balaban J connectivity index is 2.28. The summed E-state index contributed by atoms with van der Waals surface area (Å²) in [7, 11) is -4.43. The van der Waals surface area contributed by atoms with Gasteiger partial charge in [-0.3, -0.25) is 0 Å². The van der Waals surface area contributed by atoms with E-state index in [0.29, 0.717) is 13.0 Å². The van der Waals surface area contributed by atoms with E-state index in [9.17, 15) is 18.3 Å². The lowest BCUT2D eigenvalue weighted by Gasteiger charge is -2.12. The van der Waals surface area contributed by atoms with Crippen molar-refractivity contribution in [3.63, 3.8) is 0 Å². The highest BCUT2D eigenvalue weighted by atomic mass is 79.9. The molecule has 1 saturated heterocycles. The molecule has 1 atom stereocenters. The lowest BCUT2D eigenvalue weighted by Crippen LogP contribution is -2.33. The Bertz CT molecular complexity index is 642. The summed E-state index contributed by atoms with van der Waals surface area (Å²) in [5, 5.41) is 12.7. The second-order valence-electron chi connectivity index (χ2n) is 4.24. The molecule has 0 amide bonds. The molecule has 1 aromatic carbocycles. The molecule has 20 heavy (non-hydrogen) atoms. The molecular weight excluding hydrogens is 374 g/mol. The van der Waals surface area contributed by atoms with Crippen molar-refractivity contribution in [2.24, 2.45) is 0 Å². The molecule has 0 saturated carbocycles. The fourth-order valence-electron chi connectivity index (χ4n) is 1.83. The predicted octanol–water partition coefficient (Wildman–Crippen LogP) is 1.79. The van der Waals surface area contributed by atoms with Crippen molar-refractivity contribution in [2.75, 3.05) is 6.54 Å². The maximum atomic E-state index is 12.0. The van der Waals surface area contributed by atoms with E-state index in [0.717, 1.165) is 12.5 Å². The van der Waals surface area contributed by atoms with Gasteiger partial charge < -0.3 is 14.6 Å². The Hall–Kier alpha value is -0.830. The van der Waals surface area contributed by atoms with Crippen LogP contribution < -0.4 is 5.32 Å². The maximum Gasteiger partial charge on any atom is 0.345 e. The molecule has 110 valence electrons. The first kappa shape index (κ1) is 15.6. The summed E-state index contributed by atoms with van der Waals surface area (Å²) >= 11 is 8.70. The van der Waals surface area contributed by atoms with E-state index in [1.54, 1.807) is 0 Å². The lowest BCUT2D eigenvalue weighted by molar-refractivity contribution is -0.135. The van der Waals surface area contributed by atoms with Gasteiger partial charge in [-0.15, -0.1) is 0 Å². The third kappa shape index (κ3) is 3.25. The SMILES string of the molecule is O=C(OS(=O)(=O)c1cc(Cl)cc(Br)c1O)[C@@H]1CCCN1. The van der Waals surface area contributed by atoms with Crippen molar-refractivity contribution in [1.82, 2.24) is 5.32 Å². The van der Waals surface area contributed by atoms with Crippen LogP contribution in [0.5, 0.6) is 5.75 Å². The topological polar surface area (TPSA) is 92.7 Å². The standard InChI is InChI=1S/C11H11BrClNO5S/c12-7-4-6(13)5-9(10(7)15)20(17,18)19-11(16)8-2-1-3-14-8/h4-5,8,14-15H,1-3H2/t8-/m0/s1. The molecule has 0 aliphatic carbocycles. The minimum atomic E-state index is -4.43. The molecule has 0 bridgehead atoms. The van der Waals surface area contributed by atoms with Crippen molar-refractivity contribution in [3.05, 3.63) is 21.6 Å². The average molecular weight is 385 g/mol. The number of aromatic hydroxyl groups is 1. The maximum absolute atomic E-state index is 12.0. The largest absolute Gasteiger partial charge is 0.505 e. The Morgan fingerprint density at radius 1 is 1.50 bits per heavy atom. The van der Waals surface area contributed by atoms with E-state index in [1.807, 2.05) is 0 Å². The first-order chi connectivity index (χ1) is 9.31. The Kier molecular flexibility index (Phi) is 4.58. The van der Waals surface area contributed by atoms with Gasteiger partial charge in [-0.1, -0.05) is 11.6 Å². The molecule has 2 rings (SSSR count). The van der Waals surface area contributed by atoms with Crippen LogP contribution in [0.2, 0.25) is 5.02 Å². The van der Waals surface area contributed by atoms with Crippen LogP contribution in [0.3, 0.4) is 0 Å². The van der Waals surface area contributed by atoms with Gasteiger partial charge in [-0.25, -0.2) is 4.79 Å². The number of carbonyl (C=O) groups excluding carboxylic acids is 1. The highest BCUT2D eigenvalue weighted by molar-refractivity contribution is 9.10. The monoisotopic (exact) mass is 383 g/mol. The van der Waals surface area contributed by atoms with Gasteiger partial charge in [-0.2, -0.15) is 8.42 Å². The van der Waals surface area contributed by atoms with Gasteiger partial charge in [0.2, 0.25) is 0 Å². The zero-order valence-electron chi connectivity index (χ0n) is 10.1. The van der Waals surface area contributed by atoms with Gasteiger partial charge in [0.1, 0.15) is 10.9 Å². The number of phenolic OH excluding ortho intramolecular Hbond substituents is 1. The van der Waals surface area contributed by atoms with Crippen molar-refractivity contribution in [1.29, 1.82) is 0 Å². The van der Waals surface area contributed by atoms with Crippen molar-refractivity contribution >= 4 is 43.6 Å². The summed E-state index contributed by atoms with van der Waals surface area (Å²) < 4.78 is 28.7. The molecular formula is C11H11BrClNO5S. The van der Waals surface area contributed by atoms with E-state index in [1.165, 1.54) is 6.07 Å². The van der Waals surface area contributed by atoms with Crippen LogP contribution in [0.4, 0.5) is 0 Å². The summed E-state index contributed by atoms with van der Waals surface area (Å²) in [6.45, 7) is 0.633. The minimum absolute atomic E-state index is 0.0864. The highest BCUT2D eigenvalue weighted by Gasteiger charge is 2.31. The number of hydrogen-bond acceptors (Lipinski definition) is 6. The number of nitrogens with one attached hydrogen (secondary N) is 1. The van der Waals surface area contributed by atoms with Crippen LogP contribution in [0, 0.1) is 0 Å². The fraction of sp³-hybridized carbons (Fsp3) is 0.364. The van der Waals surface area contributed by atoms with Crippen molar-refractivity contribution in [2.45, 2.75) is 23.8 Å². The summed E-state index contributed by atoms with van der Waals surface area (Å²) in [6, 6.07) is 1.71. The van der Waals surface area contributed by atoms with Crippen LogP contribution >= 0.6 is 27.5 Å². The first-order valence-electron chi connectivity index (χ1n) is 5.71. The summed E-state index contributed by atoms with van der Waals surface area (Å²) in [5.41, 5.74) is 0. The Labute approximate surface area is 129 Å². The summed E-state index contributed by atoms with van der Waals surface area (Å²) in [4.78, 5) is 11.2. The second-order valence-corrected chi connectivity index (χ2v) is 7.05. The predicted molar refractivity (Wildman–Crippen MR) is 75.1 cm³/mol. The van der Waals surface area contributed by atoms with Crippen LogP contribution in [0.25, 0.3) is 0 Å². The molecule has 0 spiro atoms.